The van der Waals surface area contributed by atoms with Crippen LogP contribution in [0.25, 0.3) is 0 Å². The van der Waals surface area contributed by atoms with Gasteiger partial charge in [0.2, 0.25) is 0 Å². The summed E-state index contributed by atoms with van der Waals surface area (Å²) in [5.41, 5.74) is 0. The Kier molecular flexibility index (Phi) is 11.7. The third-order valence-electron chi connectivity index (χ3n) is 1.01. The Hall–Kier alpha value is 0.384. The first-order valence-corrected chi connectivity index (χ1v) is 3.90. The first kappa shape index (κ1) is 12.4. The summed E-state index contributed by atoms with van der Waals surface area (Å²) in [6.07, 6.45) is 0. The topological polar surface area (TPSA) is 9.23 Å². The molecular weight excluding hydrogens is 137 g/mol. The van der Waals surface area contributed by atoms with Gasteiger partial charge in [-0.1, -0.05) is 0 Å². The molecule has 0 amide bonds. The van der Waals surface area contributed by atoms with Crippen molar-refractivity contribution in [2.24, 2.45) is 0 Å². The summed E-state index contributed by atoms with van der Waals surface area (Å²) in [6, 6.07) is 0. The van der Waals surface area contributed by atoms with Gasteiger partial charge in [0.25, 0.3) is 0 Å². The Balaban J connectivity index is 3.48. The van der Waals surface area contributed by atoms with E-state index in [1.165, 1.54) is 6.69 Å². The van der Waals surface area contributed by atoms with E-state index < -0.39 is 0 Å². The van der Waals surface area contributed by atoms with Crippen molar-refractivity contribution in [1.82, 2.24) is 0 Å². The van der Waals surface area contributed by atoms with Gasteiger partial charge in [-0.3, -0.25) is 0 Å². The molecule has 0 spiro atoms. The summed E-state index contributed by atoms with van der Waals surface area (Å²) in [5, 5.41) is 0. The van der Waals surface area contributed by atoms with E-state index in [0.29, 0.717) is 6.61 Å². The average Bonchev–Trinajstić information content (AvgIpc) is 2.10. The molecule has 0 fully saturated rings. The molecule has 46 valence electrons. The molecule has 10 heteroatoms. The normalized spacial score (nSPS) is 7.42. The van der Waals surface area contributed by atoms with Crippen molar-refractivity contribution in [2.75, 3.05) is 6.61 Å². The van der Waals surface area contributed by atoms with E-state index in [4.69, 9.17) is 12.4 Å². The SMILES string of the molecule is [B]B=BB=BB=BB=BOCC. The summed E-state index contributed by atoms with van der Waals surface area (Å²) in [7, 11) is 6.77. The minimum absolute atomic E-state index is 0.704. The van der Waals surface area contributed by atoms with E-state index >= 15 is 0 Å². The van der Waals surface area contributed by atoms with E-state index in [0.717, 1.165) is 0 Å². The van der Waals surface area contributed by atoms with Crippen molar-refractivity contribution < 1.29 is 4.65 Å². The van der Waals surface area contributed by atoms with Crippen LogP contribution in [0.4, 0.5) is 0 Å². The molecule has 0 bridgehead atoms. The monoisotopic (exact) mass is 144 g/mol. The van der Waals surface area contributed by atoms with Crippen molar-refractivity contribution in [2.45, 2.75) is 6.92 Å². The standard InChI is InChI=1S/C2H5B9O/c1-2-12-11-10-9-8-7-6-5-4-3/h2H2,1H3. The molecule has 0 saturated heterocycles. The molecule has 0 atom stereocenters. The second-order valence-corrected chi connectivity index (χ2v) is 1.94. The number of hydrogen-bond acceptors (Lipinski definition) is 1. The zero-order valence-electron chi connectivity index (χ0n) is 7.31. The summed E-state index contributed by atoms with van der Waals surface area (Å²) < 4.78 is 4.97. The summed E-state index contributed by atoms with van der Waals surface area (Å²) >= 11 is 0. The van der Waals surface area contributed by atoms with Gasteiger partial charge in [0.05, 0.1) is 0 Å². The Morgan fingerprint density at radius 1 is 1.00 bits per heavy atom. The van der Waals surface area contributed by atoms with Crippen molar-refractivity contribution in [3.8, 4) is 0 Å². The van der Waals surface area contributed by atoms with Crippen LogP contribution in [0.1, 0.15) is 6.92 Å². The molecule has 2 radical (unpaired) electrons. The van der Waals surface area contributed by atoms with Crippen LogP contribution in [0.2, 0.25) is 0 Å². The molecule has 0 rings (SSSR count). The maximum absolute atomic E-state index is 5.12. The Bertz CT molecular complexity index is 193. The van der Waals surface area contributed by atoms with E-state index in [1.807, 2.05) is 40.4 Å². The first-order chi connectivity index (χ1) is 5.91. The van der Waals surface area contributed by atoms with Crippen molar-refractivity contribution >= 4 is 61.6 Å². The van der Waals surface area contributed by atoms with Gasteiger partial charge in [0.15, 0.2) is 0 Å². The van der Waals surface area contributed by atoms with Gasteiger partial charge in [-0.15, -0.1) is 0 Å². The van der Waals surface area contributed by atoms with Gasteiger partial charge < -0.3 is 0 Å². The third kappa shape index (κ3) is 10.4. The molecule has 0 aliphatic heterocycles. The molecule has 0 aromatic rings. The van der Waals surface area contributed by atoms with E-state index in [1.54, 1.807) is 13.7 Å². The fourth-order valence-corrected chi connectivity index (χ4v) is 0.518. The predicted octanol–water partition coefficient (Wildman–Crippen LogP) is -2.94. The van der Waals surface area contributed by atoms with Crippen LogP contribution >= 0.6 is 0 Å². The molecular formula is C2H5B9O. The average molecular weight is 142 g/mol. The van der Waals surface area contributed by atoms with Gasteiger partial charge in [0.1, 0.15) is 0 Å². The van der Waals surface area contributed by atoms with Gasteiger partial charge in [-0.05, 0) is 0 Å². The second-order valence-electron chi connectivity index (χ2n) is 1.94. The molecule has 12 heavy (non-hydrogen) atoms. The van der Waals surface area contributed by atoms with Crippen LogP contribution in [0.5, 0.6) is 0 Å². The fraction of sp³-hybridized carbons (Fsp3) is 1.00. The first-order valence-electron chi connectivity index (χ1n) is 3.90. The summed E-state index contributed by atoms with van der Waals surface area (Å²) in [6.45, 7) is 15.3. The van der Waals surface area contributed by atoms with Crippen molar-refractivity contribution in [3.63, 3.8) is 0 Å². The van der Waals surface area contributed by atoms with Crippen LogP contribution < -0.4 is 0 Å². The van der Waals surface area contributed by atoms with Crippen LogP contribution in [-0.4, -0.2) is 68.2 Å². The molecule has 0 aliphatic carbocycles. The van der Waals surface area contributed by atoms with Crippen molar-refractivity contribution in [1.29, 1.82) is 0 Å². The molecule has 0 unspecified atom stereocenters. The van der Waals surface area contributed by atoms with Gasteiger partial charge in [-0.2, -0.15) is 0 Å². The van der Waals surface area contributed by atoms with Gasteiger partial charge in [-0.25, -0.2) is 0 Å². The maximum atomic E-state index is 5.12. The number of hydrogen-bond donors (Lipinski definition) is 0. The number of rotatable bonds is 5. The molecule has 0 saturated carbocycles. The molecule has 0 aromatic heterocycles. The van der Waals surface area contributed by atoms with Crippen LogP contribution in [-0.2, 0) is 4.65 Å². The van der Waals surface area contributed by atoms with E-state index in [2.05, 4.69) is 0 Å². The summed E-state index contributed by atoms with van der Waals surface area (Å²) in [4.78, 5) is 0. The minimum atomic E-state index is 0.704. The fourth-order valence-electron chi connectivity index (χ4n) is 0.518. The quantitative estimate of drug-likeness (QED) is 0.373. The second kappa shape index (κ2) is 11.4. The van der Waals surface area contributed by atoms with Crippen LogP contribution in [0.15, 0.2) is 0 Å². The van der Waals surface area contributed by atoms with Crippen LogP contribution in [0.3, 0.4) is 0 Å². The van der Waals surface area contributed by atoms with Crippen molar-refractivity contribution in [3.05, 3.63) is 0 Å². The zero-order chi connectivity index (χ0) is 9.07. The van der Waals surface area contributed by atoms with Gasteiger partial charge >= 0.3 is 79.8 Å². The van der Waals surface area contributed by atoms with Crippen LogP contribution in [0, 0.1) is 0 Å². The molecule has 0 N–H and O–H groups in total. The third-order valence-corrected chi connectivity index (χ3v) is 1.01. The molecule has 0 heterocycles. The Labute approximate surface area is 80.2 Å². The summed E-state index contributed by atoms with van der Waals surface area (Å²) in [5.74, 6) is 0. The van der Waals surface area contributed by atoms with Gasteiger partial charge in [0, 0.05) is 0 Å². The molecule has 0 aromatic carbocycles. The van der Waals surface area contributed by atoms with E-state index in [-0.39, 0.29) is 0 Å². The Morgan fingerprint density at radius 2 is 1.58 bits per heavy atom. The van der Waals surface area contributed by atoms with E-state index in [9.17, 15) is 0 Å². The molecule has 1 nitrogen and oxygen atoms in total. The Morgan fingerprint density at radius 3 is 2.17 bits per heavy atom. The predicted molar refractivity (Wildman–Crippen MR) is 63.4 cm³/mol. The molecule has 0 aliphatic rings. The zero-order valence-corrected chi connectivity index (χ0v) is 7.31.